The first-order valence-corrected chi connectivity index (χ1v) is 6.82. The van der Waals surface area contributed by atoms with E-state index in [0.717, 1.165) is 13.1 Å². The van der Waals surface area contributed by atoms with Gasteiger partial charge in [0.25, 0.3) is 5.91 Å². The van der Waals surface area contributed by atoms with Gasteiger partial charge in [-0.2, -0.15) is 0 Å². The van der Waals surface area contributed by atoms with Gasteiger partial charge < -0.3 is 10.0 Å². The maximum atomic E-state index is 12.4. The molecule has 1 N–H and O–H groups in total. The highest BCUT2D eigenvalue weighted by Gasteiger charge is 2.36. The molecule has 3 rings (SSSR count). The maximum absolute atomic E-state index is 12.4. The van der Waals surface area contributed by atoms with Crippen molar-refractivity contribution in [1.29, 1.82) is 0 Å². The summed E-state index contributed by atoms with van der Waals surface area (Å²) in [6.45, 7) is 1.80. The predicted octanol–water partition coefficient (Wildman–Crippen LogP) is 2.65. The van der Waals surface area contributed by atoms with Gasteiger partial charge in [0.15, 0.2) is 0 Å². The van der Waals surface area contributed by atoms with E-state index in [9.17, 15) is 9.90 Å². The van der Waals surface area contributed by atoms with Crippen LogP contribution in [0.1, 0.15) is 36.0 Å². The van der Waals surface area contributed by atoms with Gasteiger partial charge in [-0.25, -0.2) is 0 Å². The highest BCUT2D eigenvalue weighted by atomic mass is 16.3. The SMILES string of the molecule is O=C(c1cccc(O)c1)N1CC2CCCCC2C1. The van der Waals surface area contributed by atoms with Gasteiger partial charge in [0, 0.05) is 18.7 Å². The average Bonchev–Trinajstić information content (AvgIpc) is 2.81. The Hall–Kier alpha value is -1.51. The monoisotopic (exact) mass is 245 g/mol. The third kappa shape index (κ3) is 2.09. The maximum Gasteiger partial charge on any atom is 0.254 e. The minimum absolute atomic E-state index is 0.0697. The molecule has 96 valence electrons. The summed E-state index contributed by atoms with van der Waals surface area (Å²) in [5, 5.41) is 9.44. The van der Waals surface area contributed by atoms with Crippen molar-refractivity contribution in [2.75, 3.05) is 13.1 Å². The molecule has 0 aromatic heterocycles. The second-order valence-corrected chi connectivity index (χ2v) is 5.57. The zero-order valence-electron chi connectivity index (χ0n) is 10.5. The molecular weight excluding hydrogens is 226 g/mol. The molecule has 1 heterocycles. The molecule has 2 aliphatic rings. The molecular formula is C15H19NO2. The fraction of sp³-hybridized carbons (Fsp3) is 0.533. The van der Waals surface area contributed by atoms with E-state index >= 15 is 0 Å². The average molecular weight is 245 g/mol. The smallest absolute Gasteiger partial charge is 0.254 e. The van der Waals surface area contributed by atoms with Gasteiger partial charge in [-0.05, 0) is 42.9 Å². The van der Waals surface area contributed by atoms with Gasteiger partial charge in [-0.3, -0.25) is 4.79 Å². The van der Waals surface area contributed by atoms with Crippen LogP contribution in [0.25, 0.3) is 0 Å². The van der Waals surface area contributed by atoms with Gasteiger partial charge in [0.1, 0.15) is 5.75 Å². The fourth-order valence-electron chi connectivity index (χ4n) is 3.39. The van der Waals surface area contributed by atoms with Crippen molar-refractivity contribution in [3.8, 4) is 5.75 Å². The van der Waals surface area contributed by atoms with Crippen LogP contribution in [0.2, 0.25) is 0 Å². The molecule has 0 radical (unpaired) electrons. The first-order chi connectivity index (χ1) is 8.74. The Kier molecular flexibility index (Phi) is 2.98. The van der Waals surface area contributed by atoms with Crippen molar-refractivity contribution in [2.24, 2.45) is 11.8 Å². The van der Waals surface area contributed by atoms with E-state index in [-0.39, 0.29) is 11.7 Å². The van der Waals surface area contributed by atoms with Crippen LogP contribution in [0.3, 0.4) is 0 Å². The minimum Gasteiger partial charge on any atom is -0.508 e. The fourth-order valence-corrected chi connectivity index (χ4v) is 3.39. The zero-order chi connectivity index (χ0) is 12.5. The zero-order valence-corrected chi connectivity index (χ0v) is 10.5. The summed E-state index contributed by atoms with van der Waals surface area (Å²) >= 11 is 0. The number of carbonyl (C=O) groups excluding carboxylic acids is 1. The van der Waals surface area contributed by atoms with Gasteiger partial charge in [-0.1, -0.05) is 18.9 Å². The van der Waals surface area contributed by atoms with Crippen molar-refractivity contribution in [3.63, 3.8) is 0 Å². The number of nitrogens with zero attached hydrogens (tertiary/aromatic N) is 1. The molecule has 1 saturated heterocycles. The van der Waals surface area contributed by atoms with E-state index in [1.807, 2.05) is 4.90 Å². The van der Waals surface area contributed by atoms with Crippen LogP contribution in [0.15, 0.2) is 24.3 Å². The number of likely N-dealkylation sites (tertiary alicyclic amines) is 1. The lowest BCUT2D eigenvalue weighted by Gasteiger charge is -2.22. The molecule has 1 aliphatic carbocycles. The van der Waals surface area contributed by atoms with Crippen molar-refractivity contribution in [1.82, 2.24) is 4.90 Å². The number of phenols is 1. The Morgan fingerprint density at radius 2 is 1.83 bits per heavy atom. The summed E-state index contributed by atoms with van der Waals surface area (Å²) in [4.78, 5) is 14.3. The number of hydrogen-bond donors (Lipinski definition) is 1. The number of hydrogen-bond acceptors (Lipinski definition) is 2. The number of phenolic OH excluding ortho intramolecular Hbond substituents is 1. The lowest BCUT2D eigenvalue weighted by molar-refractivity contribution is 0.0783. The van der Waals surface area contributed by atoms with Crippen molar-refractivity contribution < 1.29 is 9.90 Å². The summed E-state index contributed by atoms with van der Waals surface area (Å²) < 4.78 is 0. The lowest BCUT2D eigenvalue weighted by Crippen LogP contribution is -2.28. The van der Waals surface area contributed by atoms with Crippen molar-refractivity contribution in [2.45, 2.75) is 25.7 Å². The number of rotatable bonds is 1. The number of benzene rings is 1. The number of amides is 1. The van der Waals surface area contributed by atoms with Crippen LogP contribution < -0.4 is 0 Å². The van der Waals surface area contributed by atoms with Gasteiger partial charge in [0.05, 0.1) is 0 Å². The molecule has 2 atom stereocenters. The molecule has 3 nitrogen and oxygen atoms in total. The number of fused-ring (bicyclic) bond motifs is 1. The summed E-state index contributed by atoms with van der Waals surface area (Å²) in [7, 11) is 0. The quantitative estimate of drug-likeness (QED) is 0.826. The molecule has 2 fully saturated rings. The van der Waals surface area contributed by atoms with Crippen LogP contribution in [-0.4, -0.2) is 29.0 Å². The van der Waals surface area contributed by atoms with Crippen LogP contribution in [0.5, 0.6) is 5.75 Å². The Bertz CT molecular complexity index is 444. The second-order valence-electron chi connectivity index (χ2n) is 5.57. The Morgan fingerprint density at radius 1 is 1.17 bits per heavy atom. The van der Waals surface area contributed by atoms with Gasteiger partial charge in [-0.15, -0.1) is 0 Å². The van der Waals surface area contributed by atoms with Crippen LogP contribution in [0, 0.1) is 11.8 Å². The van der Waals surface area contributed by atoms with Gasteiger partial charge in [0.2, 0.25) is 0 Å². The molecule has 18 heavy (non-hydrogen) atoms. The number of aromatic hydroxyl groups is 1. The Labute approximate surface area is 107 Å². The van der Waals surface area contributed by atoms with Gasteiger partial charge >= 0.3 is 0 Å². The number of carbonyl (C=O) groups is 1. The van der Waals surface area contributed by atoms with E-state index in [1.165, 1.54) is 25.7 Å². The van der Waals surface area contributed by atoms with E-state index < -0.39 is 0 Å². The molecule has 1 saturated carbocycles. The highest BCUT2D eigenvalue weighted by molar-refractivity contribution is 5.94. The van der Waals surface area contributed by atoms with E-state index in [0.29, 0.717) is 17.4 Å². The minimum atomic E-state index is 0.0697. The Morgan fingerprint density at radius 3 is 2.44 bits per heavy atom. The summed E-state index contributed by atoms with van der Waals surface area (Å²) in [5.41, 5.74) is 0.605. The summed E-state index contributed by atoms with van der Waals surface area (Å²) in [6, 6.07) is 6.67. The highest BCUT2D eigenvalue weighted by Crippen LogP contribution is 2.36. The normalized spacial score (nSPS) is 27.0. The van der Waals surface area contributed by atoms with Crippen molar-refractivity contribution >= 4 is 5.91 Å². The lowest BCUT2D eigenvalue weighted by atomic mass is 9.82. The Balaban J connectivity index is 1.74. The van der Waals surface area contributed by atoms with E-state index in [2.05, 4.69) is 0 Å². The molecule has 1 amide bonds. The molecule has 1 aromatic carbocycles. The predicted molar refractivity (Wildman–Crippen MR) is 69.5 cm³/mol. The molecule has 3 heteroatoms. The van der Waals surface area contributed by atoms with E-state index in [1.54, 1.807) is 24.3 Å². The molecule has 2 unspecified atom stereocenters. The first-order valence-electron chi connectivity index (χ1n) is 6.82. The topological polar surface area (TPSA) is 40.5 Å². The third-order valence-corrected chi connectivity index (χ3v) is 4.36. The summed E-state index contributed by atoms with van der Waals surface area (Å²) in [5.74, 6) is 1.65. The van der Waals surface area contributed by atoms with Crippen LogP contribution >= 0.6 is 0 Å². The first kappa shape index (κ1) is 11.6. The third-order valence-electron chi connectivity index (χ3n) is 4.36. The van der Waals surface area contributed by atoms with Crippen LogP contribution in [0.4, 0.5) is 0 Å². The molecule has 0 bridgehead atoms. The molecule has 1 aliphatic heterocycles. The molecule has 0 spiro atoms. The summed E-state index contributed by atoms with van der Waals surface area (Å²) in [6.07, 6.45) is 5.17. The molecule has 1 aromatic rings. The standard InChI is InChI=1S/C15H19NO2/c17-14-7-3-6-11(8-14)15(18)16-9-12-4-1-2-5-13(12)10-16/h3,6-8,12-13,17H,1-2,4-5,9-10H2. The second kappa shape index (κ2) is 4.63. The van der Waals surface area contributed by atoms with E-state index in [4.69, 9.17) is 0 Å². The van der Waals surface area contributed by atoms with Crippen LogP contribution in [-0.2, 0) is 0 Å². The van der Waals surface area contributed by atoms with Crippen molar-refractivity contribution in [3.05, 3.63) is 29.8 Å². The largest absolute Gasteiger partial charge is 0.508 e.